The van der Waals surface area contributed by atoms with E-state index in [1.165, 1.54) is 11.3 Å². The molecule has 0 saturated carbocycles. The first-order valence-corrected chi connectivity index (χ1v) is 5.82. The number of hydrogen-bond donors (Lipinski definition) is 2. The average Bonchev–Trinajstić information content (AvgIpc) is 2.86. The Bertz CT molecular complexity index is 345. The molecule has 0 radical (unpaired) electrons. The average molecular weight is 226 g/mol. The molecule has 4 nitrogen and oxygen atoms in total. The largest absolute Gasteiger partial charge is 0.495 e. The van der Waals surface area contributed by atoms with Crippen LogP contribution in [0.1, 0.15) is 16.1 Å². The first kappa shape index (κ1) is 10.4. The number of nitrogens with one attached hydrogen (secondary N) is 2. The number of methoxy groups -OCH3 is 1. The molecular weight excluding hydrogens is 212 g/mol. The van der Waals surface area contributed by atoms with Gasteiger partial charge < -0.3 is 15.4 Å². The molecule has 1 atom stereocenters. The zero-order valence-electron chi connectivity index (χ0n) is 8.58. The summed E-state index contributed by atoms with van der Waals surface area (Å²) in [6.07, 6.45) is 0.999. The molecule has 82 valence electrons. The van der Waals surface area contributed by atoms with Crippen molar-refractivity contribution < 1.29 is 9.53 Å². The number of hydrogen-bond acceptors (Lipinski definition) is 4. The van der Waals surface area contributed by atoms with Crippen molar-refractivity contribution in [2.45, 2.75) is 12.5 Å². The van der Waals surface area contributed by atoms with E-state index in [1.807, 2.05) is 11.4 Å². The van der Waals surface area contributed by atoms with Crippen LogP contribution in [-0.2, 0) is 0 Å². The lowest BCUT2D eigenvalue weighted by Gasteiger charge is -2.10. The van der Waals surface area contributed by atoms with Gasteiger partial charge in [-0.3, -0.25) is 4.79 Å². The van der Waals surface area contributed by atoms with Gasteiger partial charge in [-0.1, -0.05) is 0 Å². The van der Waals surface area contributed by atoms with Crippen LogP contribution in [0.2, 0.25) is 0 Å². The lowest BCUT2D eigenvalue weighted by molar-refractivity contribution is 0.0941. The summed E-state index contributed by atoms with van der Waals surface area (Å²) in [6.45, 7) is 1.84. The zero-order chi connectivity index (χ0) is 10.7. The van der Waals surface area contributed by atoms with Crippen molar-refractivity contribution in [1.29, 1.82) is 0 Å². The molecule has 0 bridgehead atoms. The highest BCUT2D eigenvalue weighted by molar-refractivity contribution is 7.12. The number of ether oxygens (including phenoxy) is 1. The number of rotatable bonds is 3. The first-order valence-electron chi connectivity index (χ1n) is 4.94. The van der Waals surface area contributed by atoms with E-state index in [4.69, 9.17) is 4.74 Å². The highest BCUT2D eigenvalue weighted by Crippen LogP contribution is 2.24. The van der Waals surface area contributed by atoms with Crippen molar-refractivity contribution in [1.82, 2.24) is 10.6 Å². The van der Waals surface area contributed by atoms with E-state index in [2.05, 4.69) is 10.6 Å². The van der Waals surface area contributed by atoms with Crippen LogP contribution >= 0.6 is 11.3 Å². The van der Waals surface area contributed by atoms with E-state index in [9.17, 15) is 4.79 Å². The maximum Gasteiger partial charge on any atom is 0.265 e. The molecule has 2 N–H and O–H groups in total. The second-order valence-electron chi connectivity index (χ2n) is 3.48. The molecule has 1 aliphatic rings. The Morgan fingerprint density at radius 3 is 3.27 bits per heavy atom. The standard InChI is InChI=1S/C10H14N2O2S/c1-14-8-3-5-15-9(8)10(13)12-7-2-4-11-6-7/h3,5,7,11H,2,4,6H2,1H3,(H,12,13)/t7-/m0/s1. The molecular formula is C10H14N2O2S. The molecule has 15 heavy (non-hydrogen) atoms. The van der Waals surface area contributed by atoms with E-state index in [-0.39, 0.29) is 11.9 Å². The van der Waals surface area contributed by atoms with Crippen molar-refractivity contribution >= 4 is 17.2 Å². The van der Waals surface area contributed by atoms with Gasteiger partial charge in [0.1, 0.15) is 10.6 Å². The number of amides is 1. The van der Waals surface area contributed by atoms with Gasteiger partial charge in [-0.15, -0.1) is 11.3 Å². The lowest BCUT2D eigenvalue weighted by atomic mass is 10.2. The summed E-state index contributed by atoms with van der Waals surface area (Å²) < 4.78 is 5.10. The Morgan fingerprint density at radius 2 is 2.60 bits per heavy atom. The van der Waals surface area contributed by atoms with E-state index >= 15 is 0 Å². The SMILES string of the molecule is COc1ccsc1C(=O)N[C@H]1CCNC1. The molecule has 1 saturated heterocycles. The van der Waals surface area contributed by atoms with E-state index in [0.29, 0.717) is 10.6 Å². The van der Waals surface area contributed by atoms with Crippen LogP contribution in [0.4, 0.5) is 0 Å². The monoisotopic (exact) mass is 226 g/mol. The normalized spacial score (nSPS) is 20.2. The van der Waals surface area contributed by atoms with Gasteiger partial charge in [0.05, 0.1) is 7.11 Å². The van der Waals surface area contributed by atoms with Crippen molar-refractivity contribution in [3.8, 4) is 5.75 Å². The third kappa shape index (κ3) is 2.30. The summed E-state index contributed by atoms with van der Waals surface area (Å²) >= 11 is 1.41. The molecule has 0 aliphatic carbocycles. The smallest absolute Gasteiger partial charge is 0.265 e. The summed E-state index contributed by atoms with van der Waals surface area (Å²) in [5, 5.41) is 8.06. The predicted molar refractivity (Wildman–Crippen MR) is 59.6 cm³/mol. The fraction of sp³-hybridized carbons (Fsp3) is 0.500. The third-order valence-corrected chi connectivity index (χ3v) is 3.35. The maximum atomic E-state index is 11.8. The maximum absolute atomic E-state index is 11.8. The molecule has 0 spiro atoms. The van der Waals surface area contributed by atoms with Crippen molar-refractivity contribution in [3.05, 3.63) is 16.3 Å². The summed E-state index contributed by atoms with van der Waals surface area (Å²) in [7, 11) is 1.58. The molecule has 2 rings (SSSR count). The number of thiophene rings is 1. The van der Waals surface area contributed by atoms with Crippen LogP contribution in [0.5, 0.6) is 5.75 Å². The van der Waals surface area contributed by atoms with Gasteiger partial charge in [0.2, 0.25) is 0 Å². The lowest BCUT2D eigenvalue weighted by Crippen LogP contribution is -2.35. The highest BCUT2D eigenvalue weighted by Gasteiger charge is 2.20. The van der Waals surface area contributed by atoms with Crippen LogP contribution in [0.3, 0.4) is 0 Å². The third-order valence-electron chi connectivity index (χ3n) is 2.45. The summed E-state index contributed by atoms with van der Waals surface area (Å²) in [5.74, 6) is 0.624. The zero-order valence-corrected chi connectivity index (χ0v) is 9.39. The van der Waals surface area contributed by atoms with Crippen LogP contribution in [0.25, 0.3) is 0 Å². The van der Waals surface area contributed by atoms with Gasteiger partial charge in [-0.2, -0.15) is 0 Å². The number of carbonyl (C=O) groups excluding carboxylic acids is 1. The van der Waals surface area contributed by atoms with Crippen LogP contribution < -0.4 is 15.4 Å². The van der Waals surface area contributed by atoms with E-state index in [1.54, 1.807) is 7.11 Å². The molecule has 1 aromatic rings. The van der Waals surface area contributed by atoms with E-state index in [0.717, 1.165) is 19.5 Å². The molecule has 1 amide bonds. The van der Waals surface area contributed by atoms with Crippen LogP contribution in [0.15, 0.2) is 11.4 Å². The van der Waals surface area contributed by atoms with Gasteiger partial charge in [0, 0.05) is 12.6 Å². The van der Waals surface area contributed by atoms with Crippen molar-refractivity contribution in [2.24, 2.45) is 0 Å². The Kier molecular flexibility index (Phi) is 3.23. The summed E-state index contributed by atoms with van der Waals surface area (Å²) in [5.41, 5.74) is 0. The highest BCUT2D eigenvalue weighted by atomic mass is 32.1. The summed E-state index contributed by atoms with van der Waals surface area (Å²) in [6, 6.07) is 2.07. The first-order chi connectivity index (χ1) is 7.31. The Morgan fingerprint density at radius 1 is 1.73 bits per heavy atom. The topological polar surface area (TPSA) is 50.4 Å². The van der Waals surface area contributed by atoms with Crippen LogP contribution in [-0.4, -0.2) is 32.1 Å². The minimum Gasteiger partial charge on any atom is -0.495 e. The Labute approximate surface area is 92.6 Å². The fourth-order valence-corrected chi connectivity index (χ4v) is 2.41. The minimum absolute atomic E-state index is 0.0319. The predicted octanol–water partition coefficient (Wildman–Crippen LogP) is 0.848. The Hall–Kier alpha value is -1.07. The van der Waals surface area contributed by atoms with Gasteiger partial charge in [-0.05, 0) is 24.4 Å². The molecule has 5 heteroatoms. The fourth-order valence-electron chi connectivity index (χ4n) is 1.65. The van der Waals surface area contributed by atoms with Gasteiger partial charge >= 0.3 is 0 Å². The van der Waals surface area contributed by atoms with Gasteiger partial charge in [-0.25, -0.2) is 0 Å². The molecule has 1 fully saturated rings. The number of carbonyl (C=O) groups is 1. The molecule has 0 unspecified atom stereocenters. The quantitative estimate of drug-likeness (QED) is 0.803. The molecule has 2 heterocycles. The van der Waals surface area contributed by atoms with Gasteiger partial charge in [0.15, 0.2) is 0 Å². The Balaban J connectivity index is 2.00. The molecule has 1 aliphatic heterocycles. The second kappa shape index (κ2) is 4.63. The minimum atomic E-state index is -0.0319. The second-order valence-corrected chi connectivity index (χ2v) is 4.40. The molecule has 1 aromatic heterocycles. The van der Waals surface area contributed by atoms with E-state index < -0.39 is 0 Å². The summed E-state index contributed by atoms with van der Waals surface area (Å²) in [4.78, 5) is 12.5. The molecule has 0 aromatic carbocycles. The van der Waals surface area contributed by atoms with Gasteiger partial charge in [0.25, 0.3) is 5.91 Å². The van der Waals surface area contributed by atoms with Crippen molar-refractivity contribution in [3.63, 3.8) is 0 Å². The van der Waals surface area contributed by atoms with Crippen LogP contribution in [0, 0.1) is 0 Å². The van der Waals surface area contributed by atoms with Crippen molar-refractivity contribution in [2.75, 3.05) is 20.2 Å².